The number of ether oxygens (including phenoxy) is 1. The van der Waals surface area contributed by atoms with Crippen LogP contribution in [-0.4, -0.2) is 17.3 Å². The normalized spacial score (nSPS) is 12.4. The molecule has 1 aromatic carbocycles. The molecule has 0 radical (unpaired) electrons. The Balaban J connectivity index is 2.31. The second kappa shape index (κ2) is 4.37. The van der Waals surface area contributed by atoms with Gasteiger partial charge in [-0.25, -0.2) is 0 Å². The molecule has 84 valence electrons. The lowest BCUT2D eigenvalue weighted by Gasteiger charge is -2.12. The van der Waals surface area contributed by atoms with Crippen LogP contribution in [0.25, 0.3) is 0 Å². The van der Waals surface area contributed by atoms with Crippen LogP contribution in [0.15, 0.2) is 30.6 Å². The summed E-state index contributed by atoms with van der Waals surface area (Å²) in [7, 11) is 1.66. The van der Waals surface area contributed by atoms with Crippen molar-refractivity contribution in [2.24, 2.45) is 5.73 Å². The summed E-state index contributed by atoms with van der Waals surface area (Å²) in [5, 5.41) is 6.66. The smallest absolute Gasteiger partial charge is 0.121 e. The molecule has 1 atom stereocenters. The van der Waals surface area contributed by atoms with Crippen molar-refractivity contribution < 1.29 is 4.74 Å². The average Bonchev–Trinajstić information content (AvgIpc) is 2.81. The van der Waals surface area contributed by atoms with Crippen LogP contribution >= 0.6 is 0 Å². The molecule has 0 spiro atoms. The van der Waals surface area contributed by atoms with Gasteiger partial charge in [-0.05, 0) is 24.1 Å². The van der Waals surface area contributed by atoms with Gasteiger partial charge in [0.2, 0.25) is 0 Å². The van der Waals surface area contributed by atoms with Gasteiger partial charge in [0.25, 0.3) is 0 Å². The van der Waals surface area contributed by atoms with Crippen LogP contribution < -0.4 is 10.5 Å². The lowest BCUT2D eigenvalue weighted by atomic mass is 10.0. The molecule has 1 aromatic heterocycles. The van der Waals surface area contributed by atoms with Crippen LogP contribution in [0.2, 0.25) is 0 Å². The summed E-state index contributed by atoms with van der Waals surface area (Å²) in [5.41, 5.74) is 9.23. The van der Waals surface area contributed by atoms with Crippen LogP contribution in [-0.2, 0) is 0 Å². The first-order valence-electron chi connectivity index (χ1n) is 5.11. The number of aromatic nitrogens is 2. The number of aromatic amines is 1. The predicted molar refractivity (Wildman–Crippen MR) is 62.3 cm³/mol. The van der Waals surface area contributed by atoms with Crippen molar-refractivity contribution >= 4 is 0 Å². The maximum atomic E-state index is 6.12. The molecule has 3 N–H and O–H groups in total. The monoisotopic (exact) mass is 217 g/mol. The van der Waals surface area contributed by atoms with Crippen LogP contribution in [0.4, 0.5) is 0 Å². The first kappa shape index (κ1) is 10.7. The first-order chi connectivity index (χ1) is 7.72. The van der Waals surface area contributed by atoms with Crippen molar-refractivity contribution in [2.45, 2.75) is 13.0 Å². The van der Waals surface area contributed by atoms with Crippen LogP contribution in [0.1, 0.15) is 22.7 Å². The molecule has 0 aliphatic rings. The SMILES string of the molecule is COc1ccc(C(N)c2cn[nH]c2)cc1C. The Morgan fingerprint density at radius 1 is 1.38 bits per heavy atom. The zero-order chi connectivity index (χ0) is 11.5. The number of nitrogens with zero attached hydrogens (tertiary/aromatic N) is 1. The molecule has 4 heteroatoms. The summed E-state index contributed by atoms with van der Waals surface area (Å²) in [4.78, 5) is 0. The molecule has 0 aliphatic heterocycles. The Bertz CT molecular complexity index is 465. The molecule has 0 bridgehead atoms. The molecule has 0 saturated heterocycles. The molecule has 1 heterocycles. The Morgan fingerprint density at radius 3 is 2.75 bits per heavy atom. The van der Waals surface area contributed by atoms with Gasteiger partial charge >= 0.3 is 0 Å². The fraction of sp³-hybridized carbons (Fsp3) is 0.250. The number of hydrogen-bond donors (Lipinski definition) is 2. The lowest BCUT2D eigenvalue weighted by Crippen LogP contribution is -2.11. The third-order valence-corrected chi connectivity index (χ3v) is 2.66. The highest BCUT2D eigenvalue weighted by Gasteiger charge is 2.11. The van der Waals surface area contributed by atoms with E-state index in [2.05, 4.69) is 10.2 Å². The highest BCUT2D eigenvalue weighted by molar-refractivity contribution is 5.39. The van der Waals surface area contributed by atoms with Crippen molar-refractivity contribution in [1.82, 2.24) is 10.2 Å². The lowest BCUT2D eigenvalue weighted by molar-refractivity contribution is 0.411. The van der Waals surface area contributed by atoms with E-state index in [1.165, 1.54) is 0 Å². The average molecular weight is 217 g/mol. The topological polar surface area (TPSA) is 63.9 Å². The zero-order valence-electron chi connectivity index (χ0n) is 9.40. The molecular formula is C12H15N3O. The fourth-order valence-corrected chi connectivity index (χ4v) is 1.72. The van der Waals surface area contributed by atoms with Crippen molar-refractivity contribution in [3.05, 3.63) is 47.3 Å². The Kier molecular flexibility index (Phi) is 2.92. The number of nitrogens with two attached hydrogens (primary N) is 1. The van der Waals surface area contributed by atoms with Crippen LogP contribution in [0.5, 0.6) is 5.75 Å². The second-order valence-electron chi connectivity index (χ2n) is 3.74. The number of rotatable bonds is 3. The molecule has 0 saturated carbocycles. The third-order valence-electron chi connectivity index (χ3n) is 2.66. The predicted octanol–water partition coefficient (Wildman–Crippen LogP) is 1.77. The fourth-order valence-electron chi connectivity index (χ4n) is 1.72. The van der Waals surface area contributed by atoms with E-state index < -0.39 is 0 Å². The summed E-state index contributed by atoms with van der Waals surface area (Å²) in [5.74, 6) is 0.878. The number of methoxy groups -OCH3 is 1. The summed E-state index contributed by atoms with van der Waals surface area (Å²) >= 11 is 0. The standard InChI is InChI=1S/C12H15N3O/c1-8-5-9(3-4-11(8)16-2)12(13)10-6-14-15-7-10/h3-7,12H,13H2,1-2H3,(H,14,15). The second-order valence-corrected chi connectivity index (χ2v) is 3.74. The Hall–Kier alpha value is -1.81. The quantitative estimate of drug-likeness (QED) is 0.823. The van der Waals surface area contributed by atoms with E-state index in [4.69, 9.17) is 10.5 Å². The van der Waals surface area contributed by atoms with E-state index in [0.717, 1.165) is 22.4 Å². The molecule has 2 rings (SSSR count). The summed E-state index contributed by atoms with van der Waals surface area (Å²) < 4.78 is 5.21. The van der Waals surface area contributed by atoms with Crippen molar-refractivity contribution in [1.29, 1.82) is 0 Å². The van der Waals surface area contributed by atoms with Gasteiger partial charge in [0.1, 0.15) is 5.75 Å². The molecule has 1 unspecified atom stereocenters. The molecule has 2 aromatic rings. The van der Waals surface area contributed by atoms with E-state index in [0.29, 0.717) is 0 Å². The number of nitrogens with one attached hydrogen (secondary N) is 1. The van der Waals surface area contributed by atoms with Gasteiger partial charge in [0, 0.05) is 11.8 Å². The Labute approximate surface area is 94.4 Å². The minimum atomic E-state index is -0.150. The minimum absolute atomic E-state index is 0.150. The number of hydrogen-bond acceptors (Lipinski definition) is 3. The number of H-pyrrole nitrogens is 1. The molecule has 4 nitrogen and oxygen atoms in total. The number of aryl methyl sites for hydroxylation is 1. The van der Waals surface area contributed by atoms with Gasteiger partial charge in [0.15, 0.2) is 0 Å². The van der Waals surface area contributed by atoms with E-state index in [1.54, 1.807) is 13.3 Å². The first-order valence-corrected chi connectivity index (χ1v) is 5.11. The van der Waals surface area contributed by atoms with Gasteiger partial charge in [-0.1, -0.05) is 12.1 Å². The van der Waals surface area contributed by atoms with E-state index in [-0.39, 0.29) is 6.04 Å². The molecule has 0 amide bonds. The molecular weight excluding hydrogens is 202 g/mol. The minimum Gasteiger partial charge on any atom is -0.496 e. The molecule has 0 fully saturated rings. The molecule has 0 aliphatic carbocycles. The largest absolute Gasteiger partial charge is 0.496 e. The summed E-state index contributed by atoms with van der Waals surface area (Å²) in [6.07, 6.45) is 3.55. The van der Waals surface area contributed by atoms with E-state index >= 15 is 0 Å². The van der Waals surface area contributed by atoms with Gasteiger partial charge < -0.3 is 10.5 Å². The van der Waals surface area contributed by atoms with E-state index in [1.807, 2.05) is 31.3 Å². The van der Waals surface area contributed by atoms with Crippen molar-refractivity contribution in [3.63, 3.8) is 0 Å². The number of benzene rings is 1. The maximum Gasteiger partial charge on any atom is 0.121 e. The van der Waals surface area contributed by atoms with Gasteiger partial charge in [-0.2, -0.15) is 5.10 Å². The molecule has 16 heavy (non-hydrogen) atoms. The third kappa shape index (κ3) is 1.92. The van der Waals surface area contributed by atoms with E-state index in [9.17, 15) is 0 Å². The highest BCUT2D eigenvalue weighted by Crippen LogP contribution is 2.24. The van der Waals surface area contributed by atoms with Crippen LogP contribution in [0.3, 0.4) is 0 Å². The van der Waals surface area contributed by atoms with Gasteiger partial charge in [0.05, 0.1) is 19.3 Å². The zero-order valence-corrected chi connectivity index (χ0v) is 9.40. The summed E-state index contributed by atoms with van der Waals surface area (Å²) in [6.45, 7) is 2.00. The van der Waals surface area contributed by atoms with Gasteiger partial charge in [-0.15, -0.1) is 0 Å². The van der Waals surface area contributed by atoms with Crippen molar-refractivity contribution in [3.8, 4) is 5.75 Å². The Morgan fingerprint density at radius 2 is 2.19 bits per heavy atom. The van der Waals surface area contributed by atoms with Crippen molar-refractivity contribution in [2.75, 3.05) is 7.11 Å². The summed E-state index contributed by atoms with van der Waals surface area (Å²) in [6, 6.07) is 5.80. The van der Waals surface area contributed by atoms with Gasteiger partial charge in [-0.3, -0.25) is 5.10 Å². The maximum absolute atomic E-state index is 6.12. The van der Waals surface area contributed by atoms with Crippen LogP contribution in [0, 0.1) is 6.92 Å². The highest BCUT2D eigenvalue weighted by atomic mass is 16.5.